The van der Waals surface area contributed by atoms with Crippen LogP contribution < -0.4 is 20.1 Å². The van der Waals surface area contributed by atoms with Crippen LogP contribution in [0.1, 0.15) is 31.4 Å². The van der Waals surface area contributed by atoms with Crippen molar-refractivity contribution in [3.63, 3.8) is 0 Å². The molecule has 1 aromatic carbocycles. The molecule has 1 aromatic heterocycles. The van der Waals surface area contributed by atoms with Crippen LogP contribution in [-0.2, 0) is 4.74 Å². The Labute approximate surface area is 187 Å². The van der Waals surface area contributed by atoms with E-state index in [1.165, 1.54) is 31.0 Å². The zero-order chi connectivity index (χ0) is 20.5. The molecule has 0 saturated carbocycles. The predicted octanol–water partition coefficient (Wildman–Crippen LogP) is 3.74. The summed E-state index contributed by atoms with van der Waals surface area (Å²) >= 11 is 5.13. The fraction of sp³-hybridized carbons (Fsp3) is 0.500. The Bertz CT molecular complexity index is 960. The van der Waals surface area contributed by atoms with Crippen molar-refractivity contribution in [2.75, 3.05) is 38.1 Å². The maximum absolute atomic E-state index is 6.15. The predicted molar refractivity (Wildman–Crippen MR) is 119 cm³/mol. The molecule has 30 heavy (non-hydrogen) atoms. The normalized spacial score (nSPS) is 18.4. The zero-order valence-corrected chi connectivity index (χ0v) is 18.9. The van der Waals surface area contributed by atoms with Crippen LogP contribution in [0.4, 0.5) is 5.82 Å². The molecule has 10 heteroatoms. The van der Waals surface area contributed by atoms with Crippen LogP contribution in [0.3, 0.4) is 0 Å². The lowest BCUT2D eigenvalue weighted by Crippen LogP contribution is -2.33. The van der Waals surface area contributed by atoms with E-state index in [1.807, 2.05) is 12.1 Å². The van der Waals surface area contributed by atoms with Crippen LogP contribution in [-0.4, -0.2) is 49.0 Å². The molecule has 0 radical (unpaired) electrons. The average molecular weight is 494 g/mol. The van der Waals surface area contributed by atoms with Crippen molar-refractivity contribution in [2.24, 2.45) is 16.6 Å². The molecule has 0 atom stereocenters. The summed E-state index contributed by atoms with van der Waals surface area (Å²) in [6.07, 6.45) is 4.67. The first-order valence-corrected chi connectivity index (χ1v) is 11.8. The molecule has 2 aromatic rings. The molecule has 0 unspecified atom stereocenters. The van der Waals surface area contributed by atoms with Gasteiger partial charge in [0.15, 0.2) is 22.5 Å². The summed E-state index contributed by atoms with van der Waals surface area (Å²) < 4.78 is 17.3. The Morgan fingerprint density at radius 3 is 2.87 bits per heavy atom. The largest absolute Gasteiger partial charge is 0.454 e. The third-order valence-electron chi connectivity index (χ3n) is 5.65. The molecule has 0 aliphatic carbocycles. The van der Waals surface area contributed by atoms with Crippen LogP contribution in [0.15, 0.2) is 31.6 Å². The van der Waals surface area contributed by atoms with Crippen LogP contribution in [0.5, 0.6) is 11.5 Å². The lowest BCUT2D eigenvalue weighted by Gasteiger charge is -2.27. The lowest BCUT2D eigenvalue weighted by atomic mass is 9.95. The van der Waals surface area contributed by atoms with Gasteiger partial charge < -0.3 is 29.8 Å². The molecule has 3 aliphatic rings. The number of aromatic amines is 1. The first-order chi connectivity index (χ1) is 14.7. The second-order valence-electron chi connectivity index (χ2n) is 7.62. The standard InChI is InChI=1S/C20H24BrN5O3S/c21-13-8-14-15(29-11-28-14)9-16(13)30-20-24-17-18(22)23-10-26(19(17)25-20)5-1-2-12-3-6-27-7-4-12/h8-9,12H,1-7,10-11H2,(H2,22,23)(H,24,25). The Morgan fingerprint density at radius 2 is 2.03 bits per heavy atom. The molecule has 0 spiro atoms. The minimum absolute atomic E-state index is 0.251. The maximum atomic E-state index is 6.15. The van der Waals surface area contributed by atoms with Crippen molar-refractivity contribution in [3.8, 4) is 11.5 Å². The summed E-state index contributed by atoms with van der Waals surface area (Å²) in [5, 5.41) is 0.772. The summed E-state index contributed by atoms with van der Waals surface area (Å²) in [6, 6.07) is 3.88. The van der Waals surface area contributed by atoms with Gasteiger partial charge in [-0.15, -0.1) is 0 Å². The number of halogens is 1. The topological polar surface area (TPSA) is 98.0 Å². The van der Waals surface area contributed by atoms with Crippen LogP contribution in [0.2, 0.25) is 0 Å². The number of aromatic nitrogens is 2. The second kappa shape index (κ2) is 8.68. The van der Waals surface area contributed by atoms with E-state index in [1.54, 1.807) is 0 Å². The van der Waals surface area contributed by atoms with Gasteiger partial charge in [-0.1, -0.05) is 11.8 Å². The quantitative estimate of drug-likeness (QED) is 0.632. The number of nitrogens with zero attached hydrogens (tertiary/aromatic N) is 3. The van der Waals surface area contributed by atoms with Crippen LogP contribution in [0, 0.1) is 5.92 Å². The Hall–Kier alpha value is -1.91. The molecule has 160 valence electrons. The zero-order valence-electron chi connectivity index (χ0n) is 16.5. The van der Waals surface area contributed by atoms with Gasteiger partial charge in [-0.3, -0.25) is 0 Å². The highest BCUT2D eigenvalue weighted by atomic mass is 79.9. The summed E-state index contributed by atoms with van der Waals surface area (Å²) in [5.41, 5.74) is 6.95. The number of H-pyrrole nitrogens is 1. The molecule has 8 nitrogen and oxygen atoms in total. The van der Waals surface area contributed by atoms with Gasteiger partial charge >= 0.3 is 0 Å². The van der Waals surface area contributed by atoms with Gasteiger partial charge in [-0.05, 0) is 59.7 Å². The van der Waals surface area contributed by atoms with Crippen molar-refractivity contribution >= 4 is 39.3 Å². The number of ether oxygens (including phenoxy) is 3. The van der Waals surface area contributed by atoms with E-state index < -0.39 is 0 Å². The average Bonchev–Trinajstić information content (AvgIpc) is 3.38. The Balaban J connectivity index is 1.29. The molecule has 3 aliphatic heterocycles. The fourth-order valence-electron chi connectivity index (χ4n) is 3.97. The number of hydrogen-bond donors (Lipinski definition) is 2. The summed E-state index contributed by atoms with van der Waals surface area (Å²) in [6.45, 7) is 3.52. The van der Waals surface area contributed by atoms with Crippen molar-refractivity contribution in [3.05, 3.63) is 22.3 Å². The molecular weight excluding hydrogens is 470 g/mol. The summed E-state index contributed by atoms with van der Waals surface area (Å²) in [4.78, 5) is 15.9. The number of rotatable bonds is 6. The number of imidazole rings is 1. The highest BCUT2D eigenvalue weighted by Crippen LogP contribution is 2.43. The number of anilines is 1. The van der Waals surface area contributed by atoms with Crippen molar-refractivity contribution < 1.29 is 14.2 Å². The van der Waals surface area contributed by atoms with Crippen LogP contribution >= 0.6 is 27.7 Å². The summed E-state index contributed by atoms with van der Waals surface area (Å²) in [5.74, 6) is 3.65. The number of benzene rings is 1. The molecule has 1 saturated heterocycles. The molecule has 1 fully saturated rings. The highest BCUT2D eigenvalue weighted by Gasteiger charge is 2.25. The number of nitrogens with one attached hydrogen (secondary N) is 1. The van der Waals surface area contributed by atoms with Gasteiger partial charge in [0.2, 0.25) is 6.79 Å². The van der Waals surface area contributed by atoms with E-state index in [0.29, 0.717) is 12.5 Å². The van der Waals surface area contributed by atoms with Gasteiger partial charge in [0.25, 0.3) is 0 Å². The SMILES string of the molecule is NC1=NCN(CCCC2CCOCC2)c2nc(Sc3cc4c(cc3Br)OCO4)[nH]c21. The Kier molecular flexibility index (Phi) is 5.79. The number of amidine groups is 1. The van der Waals surface area contributed by atoms with E-state index in [2.05, 4.69) is 30.8 Å². The van der Waals surface area contributed by atoms with Gasteiger partial charge in [-0.25, -0.2) is 9.98 Å². The molecule has 5 rings (SSSR count). The minimum Gasteiger partial charge on any atom is -0.454 e. The number of aliphatic imine (C=N–C) groups is 1. The monoisotopic (exact) mass is 493 g/mol. The third-order valence-corrected chi connectivity index (χ3v) is 7.51. The lowest BCUT2D eigenvalue weighted by molar-refractivity contribution is 0.0635. The Morgan fingerprint density at radius 1 is 1.23 bits per heavy atom. The first-order valence-electron chi connectivity index (χ1n) is 10.2. The molecule has 0 bridgehead atoms. The van der Waals surface area contributed by atoms with E-state index in [-0.39, 0.29) is 6.79 Å². The molecular formula is C20H24BrN5O3S. The van der Waals surface area contributed by atoms with Crippen molar-refractivity contribution in [2.45, 2.75) is 35.7 Å². The van der Waals surface area contributed by atoms with Gasteiger partial charge in [0.05, 0.1) is 0 Å². The van der Waals surface area contributed by atoms with Gasteiger partial charge in [-0.2, -0.15) is 0 Å². The fourth-order valence-corrected chi connectivity index (χ4v) is 5.35. The molecule has 3 N–H and O–H groups in total. The van der Waals surface area contributed by atoms with E-state index in [0.717, 1.165) is 69.6 Å². The molecule has 4 heterocycles. The van der Waals surface area contributed by atoms with Gasteiger partial charge in [0.1, 0.15) is 18.2 Å². The van der Waals surface area contributed by atoms with Crippen LogP contribution in [0.25, 0.3) is 0 Å². The van der Waals surface area contributed by atoms with E-state index >= 15 is 0 Å². The van der Waals surface area contributed by atoms with E-state index in [4.69, 9.17) is 24.9 Å². The van der Waals surface area contributed by atoms with E-state index in [9.17, 15) is 0 Å². The third kappa shape index (κ3) is 4.13. The number of hydrogen-bond acceptors (Lipinski definition) is 8. The summed E-state index contributed by atoms with van der Waals surface area (Å²) in [7, 11) is 0. The molecule has 0 amide bonds. The number of nitrogens with two attached hydrogens (primary N) is 1. The first kappa shape index (κ1) is 20.0. The van der Waals surface area contributed by atoms with Crippen molar-refractivity contribution in [1.82, 2.24) is 9.97 Å². The number of fused-ring (bicyclic) bond motifs is 2. The maximum Gasteiger partial charge on any atom is 0.231 e. The highest BCUT2D eigenvalue weighted by molar-refractivity contribution is 9.10. The van der Waals surface area contributed by atoms with Gasteiger partial charge in [0, 0.05) is 29.1 Å². The second-order valence-corrected chi connectivity index (χ2v) is 9.51. The smallest absolute Gasteiger partial charge is 0.231 e. The van der Waals surface area contributed by atoms with Crippen molar-refractivity contribution in [1.29, 1.82) is 0 Å². The minimum atomic E-state index is 0.251.